The number of hydrogen-bond donors (Lipinski definition) is 0. The highest BCUT2D eigenvalue weighted by atomic mass is 35.5. The summed E-state index contributed by atoms with van der Waals surface area (Å²) < 4.78 is 15.7. The lowest BCUT2D eigenvalue weighted by atomic mass is 10.1. The van der Waals surface area contributed by atoms with E-state index in [0.717, 1.165) is 5.56 Å². The van der Waals surface area contributed by atoms with Gasteiger partial charge in [0.25, 0.3) is 5.69 Å². The number of carbonyl (C=O) groups is 1. The van der Waals surface area contributed by atoms with Gasteiger partial charge in [-0.05, 0) is 18.6 Å². The summed E-state index contributed by atoms with van der Waals surface area (Å²) in [5.74, 6) is 0.500. The van der Waals surface area contributed by atoms with E-state index in [0.29, 0.717) is 0 Å². The Morgan fingerprint density at radius 1 is 1.24 bits per heavy atom. The van der Waals surface area contributed by atoms with Crippen molar-refractivity contribution in [2.45, 2.75) is 19.6 Å². The Bertz CT molecular complexity index is 765. The highest BCUT2D eigenvalue weighted by molar-refractivity contribution is 6.61. The van der Waals surface area contributed by atoms with E-state index in [-0.39, 0.29) is 29.4 Å². The molecule has 0 saturated heterocycles. The van der Waals surface area contributed by atoms with Crippen LogP contribution in [0.5, 0.6) is 11.5 Å². The van der Waals surface area contributed by atoms with E-state index in [4.69, 9.17) is 25.8 Å². The van der Waals surface area contributed by atoms with Gasteiger partial charge < -0.3 is 14.2 Å². The average Bonchev–Trinajstić information content (AvgIpc) is 2.59. The second kappa shape index (κ2) is 8.34. The van der Waals surface area contributed by atoms with E-state index in [1.165, 1.54) is 26.2 Å². The Morgan fingerprint density at radius 3 is 2.48 bits per heavy atom. The molecule has 8 heteroatoms. The number of benzene rings is 2. The molecule has 1 atom stereocenters. The van der Waals surface area contributed by atoms with Crippen LogP contribution in [0.25, 0.3) is 0 Å². The molecule has 132 valence electrons. The van der Waals surface area contributed by atoms with Crippen molar-refractivity contribution in [1.82, 2.24) is 0 Å². The zero-order valence-corrected chi connectivity index (χ0v) is 14.4. The van der Waals surface area contributed by atoms with Gasteiger partial charge in [-0.25, -0.2) is 4.79 Å². The third kappa shape index (κ3) is 4.84. The zero-order chi connectivity index (χ0) is 18.4. The normalized spacial score (nSPS) is 11.5. The average molecular weight is 366 g/mol. The zero-order valence-electron chi connectivity index (χ0n) is 13.6. The largest absolute Gasteiger partial charge is 0.493 e. The molecule has 0 aliphatic rings. The van der Waals surface area contributed by atoms with Crippen molar-refractivity contribution in [2.75, 3.05) is 7.11 Å². The van der Waals surface area contributed by atoms with Crippen molar-refractivity contribution in [1.29, 1.82) is 0 Å². The quantitative estimate of drug-likeness (QED) is 0.404. The maximum absolute atomic E-state index is 11.4. The number of halogens is 1. The molecule has 2 rings (SSSR count). The molecule has 0 N–H and O–H groups in total. The first-order valence-corrected chi connectivity index (χ1v) is 7.69. The maximum Gasteiger partial charge on any atom is 0.404 e. The summed E-state index contributed by atoms with van der Waals surface area (Å²) in [6.07, 6.45) is -0.914. The van der Waals surface area contributed by atoms with Gasteiger partial charge in [-0.1, -0.05) is 30.3 Å². The number of methoxy groups -OCH3 is 1. The molecule has 0 bridgehead atoms. The molecule has 7 nitrogen and oxygen atoms in total. The van der Waals surface area contributed by atoms with Gasteiger partial charge >= 0.3 is 5.43 Å². The van der Waals surface area contributed by atoms with E-state index in [1.54, 1.807) is 0 Å². The van der Waals surface area contributed by atoms with E-state index in [9.17, 15) is 14.9 Å². The van der Waals surface area contributed by atoms with Crippen molar-refractivity contribution in [3.8, 4) is 11.5 Å². The molecule has 25 heavy (non-hydrogen) atoms. The summed E-state index contributed by atoms with van der Waals surface area (Å²) in [4.78, 5) is 21.7. The Labute approximate surface area is 149 Å². The predicted molar refractivity (Wildman–Crippen MR) is 91.2 cm³/mol. The fraction of sp³-hybridized carbons (Fsp3) is 0.235. The molecule has 0 heterocycles. The van der Waals surface area contributed by atoms with E-state index >= 15 is 0 Å². The van der Waals surface area contributed by atoms with Crippen LogP contribution in [-0.4, -0.2) is 17.5 Å². The van der Waals surface area contributed by atoms with Crippen LogP contribution in [0.4, 0.5) is 10.5 Å². The fourth-order valence-electron chi connectivity index (χ4n) is 2.26. The van der Waals surface area contributed by atoms with Crippen molar-refractivity contribution in [3.05, 3.63) is 63.7 Å². The molecular weight excluding hydrogens is 350 g/mol. The summed E-state index contributed by atoms with van der Waals surface area (Å²) in [6.45, 7) is 1.70. The Hall–Kier alpha value is -2.80. The molecular formula is C17H16ClNO6. The van der Waals surface area contributed by atoms with Crippen molar-refractivity contribution < 1.29 is 23.9 Å². The SMILES string of the molecule is COc1cc(C(C)OC(=O)Cl)c([N+](=O)[O-])cc1OCc1ccccc1. The summed E-state index contributed by atoms with van der Waals surface area (Å²) in [5, 5.41) is 11.4. The van der Waals surface area contributed by atoms with Crippen LogP contribution < -0.4 is 9.47 Å². The van der Waals surface area contributed by atoms with E-state index < -0.39 is 16.5 Å². The molecule has 0 spiro atoms. The van der Waals surface area contributed by atoms with Gasteiger partial charge in [0.05, 0.1) is 23.7 Å². The minimum atomic E-state index is -1.05. The third-order valence-corrected chi connectivity index (χ3v) is 3.54. The van der Waals surface area contributed by atoms with Crippen LogP contribution in [0.15, 0.2) is 42.5 Å². The highest BCUT2D eigenvalue weighted by Crippen LogP contribution is 2.39. The Kier molecular flexibility index (Phi) is 6.19. The molecule has 0 aromatic heterocycles. The van der Waals surface area contributed by atoms with Gasteiger partial charge in [-0.2, -0.15) is 0 Å². The molecule has 0 aliphatic carbocycles. The van der Waals surface area contributed by atoms with Crippen molar-refractivity contribution in [2.24, 2.45) is 0 Å². The topological polar surface area (TPSA) is 87.9 Å². The van der Waals surface area contributed by atoms with Crippen LogP contribution in [0, 0.1) is 10.1 Å². The number of carbonyl (C=O) groups excluding carboxylic acids is 1. The molecule has 0 amide bonds. The van der Waals surface area contributed by atoms with Crippen LogP contribution in [0.2, 0.25) is 0 Å². The predicted octanol–water partition coefficient (Wildman–Crippen LogP) is 4.62. The van der Waals surface area contributed by atoms with E-state index in [1.807, 2.05) is 30.3 Å². The molecule has 0 radical (unpaired) electrons. The summed E-state index contributed by atoms with van der Waals surface area (Å²) in [7, 11) is 1.42. The molecule has 2 aromatic rings. The first-order valence-electron chi connectivity index (χ1n) is 7.31. The summed E-state index contributed by atoms with van der Waals surface area (Å²) in [5.41, 5.74) is -0.247. The summed E-state index contributed by atoms with van der Waals surface area (Å²) in [6, 6.07) is 12.0. The lowest BCUT2D eigenvalue weighted by Gasteiger charge is -2.16. The van der Waals surface area contributed by atoms with E-state index in [2.05, 4.69) is 0 Å². The monoisotopic (exact) mass is 365 g/mol. The lowest BCUT2D eigenvalue weighted by Crippen LogP contribution is -2.07. The highest BCUT2D eigenvalue weighted by Gasteiger charge is 2.25. The van der Waals surface area contributed by atoms with Gasteiger partial charge in [0.15, 0.2) is 11.5 Å². The Morgan fingerprint density at radius 2 is 1.92 bits per heavy atom. The van der Waals surface area contributed by atoms with Crippen LogP contribution in [-0.2, 0) is 11.3 Å². The molecule has 1 unspecified atom stereocenters. The standard InChI is InChI=1S/C17H16ClNO6/c1-11(25-17(18)20)13-8-15(23-2)16(9-14(13)19(21)22)24-10-12-6-4-3-5-7-12/h3-9,11H,10H2,1-2H3. The molecule has 0 fully saturated rings. The number of hydrogen-bond acceptors (Lipinski definition) is 6. The van der Waals surface area contributed by atoms with Crippen molar-refractivity contribution >= 4 is 22.7 Å². The van der Waals surface area contributed by atoms with Crippen LogP contribution >= 0.6 is 11.6 Å². The number of ether oxygens (including phenoxy) is 3. The Balaban J connectivity index is 2.35. The van der Waals surface area contributed by atoms with Gasteiger partial charge in [0, 0.05) is 11.6 Å². The fourth-order valence-corrected chi connectivity index (χ4v) is 2.39. The molecule has 2 aromatic carbocycles. The first kappa shape index (κ1) is 18.5. The van der Waals surface area contributed by atoms with Crippen molar-refractivity contribution in [3.63, 3.8) is 0 Å². The maximum atomic E-state index is 11.4. The van der Waals surface area contributed by atoms with Gasteiger partial charge in [-0.15, -0.1) is 0 Å². The van der Waals surface area contributed by atoms with Crippen LogP contribution in [0.3, 0.4) is 0 Å². The minimum Gasteiger partial charge on any atom is -0.493 e. The second-order valence-corrected chi connectivity index (χ2v) is 5.40. The number of nitrogens with zero attached hydrogens (tertiary/aromatic N) is 1. The number of nitro groups is 1. The number of rotatable bonds is 7. The smallest absolute Gasteiger partial charge is 0.404 e. The van der Waals surface area contributed by atoms with Gasteiger partial charge in [0.1, 0.15) is 12.7 Å². The summed E-state index contributed by atoms with van der Waals surface area (Å²) >= 11 is 5.19. The number of nitro benzene ring substituents is 1. The van der Waals surface area contributed by atoms with Gasteiger partial charge in [-0.3, -0.25) is 10.1 Å². The lowest BCUT2D eigenvalue weighted by molar-refractivity contribution is -0.386. The van der Waals surface area contributed by atoms with Crippen LogP contribution in [0.1, 0.15) is 24.2 Å². The molecule has 0 aliphatic heterocycles. The second-order valence-electron chi connectivity index (χ2n) is 5.09. The first-order chi connectivity index (χ1) is 11.9. The van der Waals surface area contributed by atoms with Gasteiger partial charge in [0.2, 0.25) is 0 Å². The third-order valence-electron chi connectivity index (χ3n) is 3.45. The minimum absolute atomic E-state index is 0.155. The molecule has 0 saturated carbocycles.